The molecule has 2 aromatic rings. The molecule has 13 nitrogen and oxygen atoms in total. The third kappa shape index (κ3) is 8.48. The summed E-state index contributed by atoms with van der Waals surface area (Å²) in [4.78, 5) is 68.0. The predicted molar refractivity (Wildman–Crippen MR) is 162 cm³/mol. The Morgan fingerprint density at radius 1 is 0.844 bits per heavy atom. The second-order valence-corrected chi connectivity index (χ2v) is 10.9. The molecule has 238 valence electrons. The zero-order valence-electron chi connectivity index (χ0n) is 25.2. The van der Waals surface area contributed by atoms with Crippen LogP contribution in [-0.2, 0) is 47.7 Å². The van der Waals surface area contributed by atoms with E-state index in [9.17, 15) is 24.0 Å². The number of amides is 1. The van der Waals surface area contributed by atoms with E-state index in [1.807, 2.05) is 0 Å². The van der Waals surface area contributed by atoms with Crippen molar-refractivity contribution in [2.45, 2.75) is 57.5 Å². The number of esters is 4. The minimum atomic E-state index is -1.36. The number of ether oxygens (including phenoxy) is 6. The summed E-state index contributed by atoms with van der Waals surface area (Å²) in [5, 5.41) is 0.159. The maximum absolute atomic E-state index is 13.8. The molecule has 45 heavy (non-hydrogen) atoms. The van der Waals surface area contributed by atoms with Crippen LogP contribution >= 0.6 is 11.8 Å². The van der Waals surface area contributed by atoms with E-state index in [1.54, 1.807) is 67.8 Å². The summed E-state index contributed by atoms with van der Waals surface area (Å²) < 4.78 is 33.2. The molecule has 0 unspecified atom stereocenters. The number of hydrogen-bond donors (Lipinski definition) is 0. The predicted octanol–water partition coefficient (Wildman–Crippen LogP) is 3.26. The summed E-state index contributed by atoms with van der Waals surface area (Å²) in [6.07, 6.45) is -3.55. The van der Waals surface area contributed by atoms with Gasteiger partial charge in [0.05, 0.1) is 12.8 Å². The molecular formula is C31H32N2O11S. The van der Waals surface area contributed by atoms with Crippen LogP contribution in [0.15, 0.2) is 65.3 Å². The largest absolute Gasteiger partial charge is 0.497 e. The van der Waals surface area contributed by atoms with Gasteiger partial charge in [-0.05, 0) is 35.9 Å². The smallest absolute Gasteiger partial charge is 0.303 e. The van der Waals surface area contributed by atoms with E-state index in [0.717, 1.165) is 32.5 Å². The van der Waals surface area contributed by atoms with Crippen LogP contribution in [0.4, 0.5) is 5.69 Å². The minimum Gasteiger partial charge on any atom is -0.497 e. The van der Waals surface area contributed by atoms with Crippen molar-refractivity contribution in [1.82, 2.24) is 0 Å². The van der Waals surface area contributed by atoms with E-state index < -0.39 is 59.6 Å². The number of anilines is 1. The molecule has 1 amide bonds. The number of thioether (sulfide) groups is 1. The van der Waals surface area contributed by atoms with Crippen LogP contribution in [0.3, 0.4) is 0 Å². The Kier molecular flexibility index (Phi) is 11.0. The van der Waals surface area contributed by atoms with Crippen molar-refractivity contribution < 1.29 is 52.4 Å². The van der Waals surface area contributed by atoms with Gasteiger partial charge in [-0.2, -0.15) is 0 Å². The fourth-order valence-corrected chi connectivity index (χ4v) is 5.82. The van der Waals surface area contributed by atoms with Gasteiger partial charge in [0.1, 0.15) is 24.2 Å². The fraction of sp³-hybridized carbons (Fsp3) is 0.355. The van der Waals surface area contributed by atoms with Gasteiger partial charge in [-0.1, -0.05) is 42.1 Å². The van der Waals surface area contributed by atoms with Crippen molar-refractivity contribution in [2.75, 3.05) is 18.6 Å². The van der Waals surface area contributed by atoms with Gasteiger partial charge in [-0.3, -0.25) is 28.9 Å². The SMILES string of the molecule is COc1ccc(/C=C2\N=C(S[C@@H]3O[C@H](COC(C)=O)[C@H](OC(C)=O)[C@H](OC(C)=O)[C@@H]3OC(C)=O)N(c3ccccc3)C2=O)cc1. The van der Waals surface area contributed by atoms with Crippen LogP contribution in [0.25, 0.3) is 6.08 Å². The van der Waals surface area contributed by atoms with E-state index in [0.29, 0.717) is 17.0 Å². The van der Waals surface area contributed by atoms with Crippen LogP contribution in [0.1, 0.15) is 33.3 Å². The zero-order valence-corrected chi connectivity index (χ0v) is 26.0. The highest BCUT2D eigenvalue weighted by molar-refractivity contribution is 8.14. The highest BCUT2D eigenvalue weighted by atomic mass is 32.2. The molecule has 0 N–H and O–H groups in total. The Morgan fingerprint density at radius 2 is 1.44 bits per heavy atom. The summed E-state index contributed by atoms with van der Waals surface area (Å²) in [6.45, 7) is 4.24. The number of aliphatic imine (C=N–C) groups is 1. The topological polar surface area (TPSA) is 156 Å². The Bertz CT molecular complexity index is 1490. The maximum Gasteiger partial charge on any atom is 0.303 e. The lowest BCUT2D eigenvalue weighted by atomic mass is 9.99. The van der Waals surface area contributed by atoms with Gasteiger partial charge in [0, 0.05) is 27.7 Å². The second-order valence-electron chi connectivity index (χ2n) is 9.86. The van der Waals surface area contributed by atoms with Crippen molar-refractivity contribution in [3.63, 3.8) is 0 Å². The van der Waals surface area contributed by atoms with Crippen molar-refractivity contribution in [2.24, 2.45) is 4.99 Å². The first kappa shape index (κ1) is 33.2. The lowest BCUT2D eigenvalue weighted by molar-refractivity contribution is -0.237. The van der Waals surface area contributed by atoms with Crippen molar-refractivity contribution in [3.8, 4) is 5.75 Å². The van der Waals surface area contributed by atoms with Gasteiger partial charge < -0.3 is 28.4 Å². The van der Waals surface area contributed by atoms with Gasteiger partial charge >= 0.3 is 23.9 Å². The Labute approximate surface area is 263 Å². The first-order chi connectivity index (χ1) is 21.5. The molecule has 2 heterocycles. The minimum absolute atomic E-state index is 0.108. The monoisotopic (exact) mass is 640 g/mol. The van der Waals surface area contributed by atoms with Crippen LogP contribution in [0.5, 0.6) is 5.75 Å². The summed E-state index contributed by atoms with van der Waals surface area (Å²) in [6, 6.07) is 15.8. The molecule has 5 atom stereocenters. The molecule has 0 aliphatic carbocycles. The quantitative estimate of drug-likeness (QED) is 0.224. The zero-order chi connectivity index (χ0) is 32.7. The lowest BCUT2D eigenvalue weighted by Gasteiger charge is -2.44. The summed E-state index contributed by atoms with van der Waals surface area (Å²) in [7, 11) is 1.55. The molecule has 0 radical (unpaired) electrons. The average Bonchev–Trinajstić information content (AvgIpc) is 3.29. The van der Waals surface area contributed by atoms with Crippen molar-refractivity contribution >= 4 is 58.5 Å². The van der Waals surface area contributed by atoms with Gasteiger partial charge in [-0.15, -0.1) is 0 Å². The van der Waals surface area contributed by atoms with E-state index in [1.165, 1.54) is 11.8 Å². The molecule has 0 saturated carbocycles. The third-order valence-corrected chi connectivity index (χ3v) is 7.53. The van der Waals surface area contributed by atoms with E-state index in [2.05, 4.69) is 4.99 Å². The number of carbonyl (C=O) groups is 5. The molecule has 1 fully saturated rings. The first-order valence-corrected chi connectivity index (χ1v) is 14.7. The van der Waals surface area contributed by atoms with Crippen molar-refractivity contribution in [1.29, 1.82) is 0 Å². The molecule has 1 saturated heterocycles. The van der Waals surface area contributed by atoms with Gasteiger partial charge in [0.15, 0.2) is 28.9 Å². The number of methoxy groups -OCH3 is 1. The number of rotatable bonds is 9. The maximum atomic E-state index is 13.8. The second kappa shape index (κ2) is 14.9. The summed E-state index contributed by atoms with van der Waals surface area (Å²) in [5.74, 6) is -2.67. The fourth-order valence-electron chi connectivity index (χ4n) is 4.63. The van der Waals surface area contributed by atoms with Crippen LogP contribution < -0.4 is 9.64 Å². The lowest BCUT2D eigenvalue weighted by Crippen LogP contribution is -2.61. The normalized spacial score (nSPS) is 23.6. The summed E-state index contributed by atoms with van der Waals surface area (Å²) in [5.41, 5.74) is 0.118. The van der Waals surface area contributed by atoms with Crippen LogP contribution in [0.2, 0.25) is 0 Å². The Balaban J connectivity index is 1.77. The van der Waals surface area contributed by atoms with Crippen LogP contribution in [0, 0.1) is 0 Å². The average molecular weight is 641 g/mol. The molecular weight excluding hydrogens is 608 g/mol. The number of carbonyl (C=O) groups excluding carboxylic acids is 5. The Hall–Kier alpha value is -4.69. The molecule has 4 rings (SSSR count). The van der Waals surface area contributed by atoms with Gasteiger partial charge in [-0.25, -0.2) is 4.99 Å². The van der Waals surface area contributed by atoms with Crippen LogP contribution in [-0.4, -0.2) is 78.5 Å². The number of benzene rings is 2. The molecule has 14 heteroatoms. The Morgan fingerprint density at radius 3 is 2.02 bits per heavy atom. The number of nitrogens with zero attached hydrogens (tertiary/aromatic N) is 2. The number of hydrogen-bond acceptors (Lipinski definition) is 13. The molecule has 2 aliphatic rings. The molecule has 2 aromatic carbocycles. The molecule has 0 spiro atoms. The third-order valence-electron chi connectivity index (χ3n) is 6.43. The van der Waals surface area contributed by atoms with E-state index >= 15 is 0 Å². The van der Waals surface area contributed by atoms with Gasteiger partial charge in [0.25, 0.3) is 5.91 Å². The number of amidine groups is 1. The summed E-state index contributed by atoms with van der Waals surface area (Å²) >= 11 is 0.918. The molecule has 0 bridgehead atoms. The number of para-hydroxylation sites is 1. The van der Waals surface area contributed by atoms with Gasteiger partial charge in [0.2, 0.25) is 0 Å². The highest BCUT2D eigenvalue weighted by Crippen LogP contribution is 2.38. The van der Waals surface area contributed by atoms with E-state index in [4.69, 9.17) is 28.4 Å². The van der Waals surface area contributed by atoms with E-state index in [-0.39, 0.29) is 17.5 Å². The molecule has 0 aromatic heterocycles. The first-order valence-electron chi connectivity index (χ1n) is 13.8. The standard InChI is InChI=1S/C31H32N2O11S/c1-17(34)40-16-25-26(41-18(2)35)27(42-19(3)36)28(43-20(4)37)30(44-25)45-31-32-24(15-21-11-13-23(39-5)14-12-21)29(38)33(31)22-9-7-6-8-10-22/h6-15,25-28,30H,16H2,1-5H3/b24-15-/t25-,26+,27+,28+,30+/m1/s1. The van der Waals surface area contributed by atoms with Crippen molar-refractivity contribution in [3.05, 3.63) is 65.9 Å². The highest BCUT2D eigenvalue weighted by Gasteiger charge is 2.53. The molecule has 2 aliphatic heterocycles.